The highest BCUT2D eigenvalue weighted by Crippen LogP contribution is 2.28. The van der Waals surface area contributed by atoms with Crippen molar-refractivity contribution in [2.75, 3.05) is 6.73 Å². The van der Waals surface area contributed by atoms with E-state index in [1.807, 2.05) is 0 Å². The first-order valence-corrected chi connectivity index (χ1v) is 6.14. The summed E-state index contributed by atoms with van der Waals surface area (Å²) in [5.41, 5.74) is -0.625. The highest BCUT2D eigenvalue weighted by atomic mass is 32.2. The van der Waals surface area contributed by atoms with Crippen LogP contribution in [-0.4, -0.2) is 20.2 Å². The highest BCUT2D eigenvalue weighted by Gasteiger charge is 2.22. The summed E-state index contributed by atoms with van der Waals surface area (Å²) in [6.07, 6.45) is 0.960. The molecule has 0 saturated carbocycles. The van der Waals surface area contributed by atoms with Crippen LogP contribution in [0.25, 0.3) is 5.70 Å². The van der Waals surface area contributed by atoms with Gasteiger partial charge in [0.1, 0.15) is 22.8 Å². The molecule has 1 aliphatic rings. The van der Waals surface area contributed by atoms with Crippen LogP contribution >= 0.6 is 0 Å². The molecule has 0 unspecified atom stereocenters. The van der Waals surface area contributed by atoms with Crippen molar-refractivity contribution in [3.8, 4) is 0 Å². The number of hydrogen-bond donors (Lipinski definition) is 1. The number of rotatable bonds is 2. The molecule has 0 fully saturated rings. The van der Waals surface area contributed by atoms with Crippen LogP contribution in [0, 0.1) is 16.8 Å². The van der Waals surface area contributed by atoms with E-state index in [1.54, 1.807) is 0 Å². The molecule has 2 rings (SSSR count). The molecule has 1 aromatic carbocycles. The molecule has 2 N–H and O–H groups in total. The van der Waals surface area contributed by atoms with Crippen LogP contribution in [0.1, 0.15) is 5.56 Å². The van der Waals surface area contributed by atoms with Gasteiger partial charge < -0.3 is 15.0 Å². The Hall–Kier alpha value is -1.71. The molecule has 0 spiro atoms. The topological polar surface area (TPSA) is 95.7 Å². The van der Waals surface area contributed by atoms with E-state index in [0.717, 1.165) is 6.26 Å². The maximum atomic E-state index is 13.6. The van der Waals surface area contributed by atoms with E-state index in [0.29, 0.717) is 17.2 Å². The number of hydroxylamine groups is 2. The maximum Gasteiger partial charge on any atom is 0.241 e. The lowest BCUT2D eigenvalue weighted by Gasteiger charge is -2.25. The van der Waals surface area contributed by atoms with E-state index in [1.165, 1.54) is 0 Å². The number of hydrogen-bond acceptors (Lipinski definition) is 5. The zero-order valence-electron chi connectivity index (χ0n) is 8.76. The third kappa shape index (κ3) is 2.15. The van der Waals surface area contributed by atoms with Gasteiger partial charge in [0.05, 0.1) is 5.70 Å². The minimum Gasteiger partial charge on any atom is -0.756 e. The molecular weight excluding hydrogens is 270 g/mol. The normalized spacial score (nSPS) is 15.6. The van der Waals surface area contributed by atoms with Crippen LogP contribution in [-0.2, 0) is 14.8 Å². The Labute approximate surface area is 101 Å². The van der Waals surface area contributed by atoms with Crippen LogP contribution in [0.15, 0.2) is 23.3 Å². The van der Waals surface area contributed by atoms with Gasteiger partial charge in [0.2, 0.25) is 10.0 Å². The molecule has 9 heteroatoms. The lowest BCUT2D eigenvalue weighted by Crippen LogP contribution is -2.16. The molecule has 1 aliphatic heterocycles. The summed E-state index contributed by atoms with van der Waals surface area (Å²) in [6, 6.07) is 1.01. The second-order valence-electron chi connectivity index (χ2n) is 3.48. The van der Waals surface area contributed by atoms with Gasteiger partial charge in [-0.15, -0.1) is 0 Å². The van der Waals surface area contributed by atoms with Gasteiger partial charge in [-0.2, -0.15) is 0 Å². The largest absolute Gasteiger partial charge is 0.756 e. The molecule has 0 atom stereocenters. The molecule has 0 saturated heterocycles. The summed E-state index contributed by atoms with van der Waals surface area (Å²) in [6.45, 7) is -0.340. The van der Waals surface area contributed by atoms with Gasteiger partial charge in [-0.3, -0.25) is 0 Å². The summed E-state index contributed by atoms with van der Waals surface area (Å²) >= 11 is 0. The number of nitrogens with two attached hydrogens (primary N) is 1. The van der Waals surface area contributed by atoms with Gasteiger partial charge in [-0.1, -0.05) is 0 Å². The SMILES string of the molecule is NS(=O)(=O)c1cc(F)c(C2=COCN2[O-])cc1F. The fraction of sp³-hybridized carbons (Fsp3) is 0.111. The minimum atomic E-state index is -4.37. The number of nitrogens with zero attached hydrogens (tertiary/aromatic N) is 1. The molecule has 18 heavy (non-hydrogen) atoms. The average molecular weight is 277 g/mol. The van der Waals surface area contributed by atoms with Crippen molar-refractivity contribution in [2.24, 2.45) is 5.14 Å². The number of ether oxygens (including phenoxy) is 1. The summed E-state index contributed by atoms with van der Waals surface area (Å²) < 4.78 is 53.7. The van der Waals surface area contributed by atoms with Crippen LogP contribution in [0.3, 0.4) is 0 Å². The van der Waals surface area contributed by atoms with Crippen LogP contribution < -0.4 is 5.14 Å². The third-order valence-electron chi connectivity index (χ3n) is 2.26. The molecular formula is C9H7F2N2O4S-. The molecule has 0 amide bonds. The molecule has 0 bridgehead atoms. The molecule has 98 valence electrons. The number of sulfonamides is 1. The predicted molar refractivity (Wildman–Crippen MR) is 56.9 cm³/mol. The molecule has 6 nitrogen and oxygen atoms in total. The zero-order chi connectivity index (χ0) is 13.5. The standard InChI is InChI=1S/C9H7F2N2O4S/c10-6-2-9(18(12,15)16)7(11)1-5(6)8-3-17-4-13(8)14/h1-3H,4H2,(H2,12,15,16)/q-1. The number of benzene rings is 1. The fourth-order valence-corrected chi connectivity index (χ4v) is 2.05. The van der Waals surface area contributed by atoms with Gasteiger partial charge in [0.25, 0.3) is 0 Å². The van der Waals surface area contributed by atoms with Crippen molar-refractivity contribution in [2.45, 2.75) is 4.90 Å². The van der Waals surface area contributed by atoms with Crippen molar-refractivity contribution in [3.63, 3.8) is 0 Å². The molecule has 0 aromatic heterocycles. The van der Waals surface area contributed by atoms with Gasteiger partial charge in [-0.25, -0.2) is 22.3 Å². The lowest BCUT2D eigenvalue weighted by molar-refractivity contribution is 0.206. The lowest BCUT2D eigenvalue weighted by atomic mass is 10.1. The zero-order valence-corrected chi connectivity index (χ0v) is 9.58. The first-order valence-electron chi connectivity index (χ1n) is 4.59. The van der Waals surface area contributed by atoms with Crippen LogP contribution in [0.4, 0.5) is 8.78 Å². The molecule has 0 radical (unpaired) electrons. The molecule has 1 aromatic rings. The Morgan fingerprint density at radius 3 is 2.50 bits per heavy atom. The Balaban J connectivity index is 2.57. The summed E-state index contributed by atoms with van der Waals surface area (Å²) in [5.74, 6) is -2.33. The fourth-order valence-electron chi connectivity index (χ4n) is 1.45. The second kappa shape index (κ2) is 4.19. The van der Waals surface area contributed by atoms with Gasteiger partial charge in [0.15, 0.2) is 6.73 Å². The van der Waals surface area contributed by atoms with Crippen LogP contribution in [0.2, 0.25) is 0 Å². The Morgan fingerprint density at radius 1 is 1.33 bits per heavy atom. The number of halogens is 2. The van der Waals surface area contributed by atoms with E-state index < -0.39 is 32.1 Å². The van der Waals surface area contributed by atoms with E-state index in [-0.39, 0.29) is 12.4 Å². The first-order chi connectivity index (χ1) is 8.30. The summed E-state index contributed by atoms with van der Waals surface area (Å²) in [7, 11) is -4.37. The van der Waals surface area contributed by atoms with Crippen molar-refractivity contribution >= 4 is 15.7 Å². The predicted octanol–water partition coefficient (Wildman–Crippen LogP) is 0.698. The highest BCUT2D eigenvalue weighted by molar-refractivity contribution is 7.89. The van der Waals surface area contributed by atoms with Crippen molar-refractivity contribution in [1.82, 2.24) is 5.06 Å². The van der Waals surface area contributed by atoms with Crippen molar-refractivity contribution in [3.05, 3.63) is 40.8 Å². The molecule has 1 heterocycles. The van der Waals surface area contributed by atoms with E-state index in [4.69, 9.17) is 5.14 Å². The third-order valence-corrected chi connectivity index (χ3v) is 3.19. The van der Waals surface area contributed by atoms with Crippen molar-refractivity contribution < 1.29 is 21.9 Å². The van der Waals surface area contributed by atoms with E-state index >= 15 is 0 Å². The number of primary sulfonamides is 1. The van der Waals surface area contributed by atoms with Gasteiger partial charge in [-0.05, 0) is 12.1 Å². The average Bonchev–Trinajstić information content (AvgIpc) is 2.66. The van der Waals surface area contributed by atoms with Gasteiger partial charge in [0, 0.05) is 5.56 Å². The van der Waals surface area contributed by atoms with Crippen LogP contribution in [0.5, 0.6) is 0 Å². The maximum absolute atomic E-state index is 13.6. The van der Waals surface area contributed by atoms with Crippen molar-refractivity contribution in [1.29, 1.82) is 0 Å². The van der Waals surface area contributed by atoms with E-state index in [9.17, 15) is 22.4 Å². The Kier molecular flexibility index (Phi) is 2.97. The first kappa shape index (κ1) is 12.7. The quantitative estimate of drug-likeness (QED) is 0.858. The smallest absolute Gasteiger partial charge is 0.241 e. The summed E-state index contributed by atoms with van der Waals surface area (Å²) in [4.78, 5) is -0.972. The Bertz CT molecular complexity index is 630. The van der Waals surface area contributed by atoms with E-state index in [2.05, 4.69) is 4.74 Å². The monoisotopic (exact) mass is 277 g/mol. The second-order valence-corrected chi connectivity index (χ2v) is 5.01. The Morgan fingerprint density at radius 2 is 2.00 bits per heavy atom. The minimum absolute atomic E-state index is 0.229. The summed E-state index contributed by atoms with van der Waals surface area (Å²) in [5, 5.41) is 16.2. The molecule has 0 aliphatic carbocycles. The van der Waals surface area contributed by atoms with Gasteiger partial charge >= 0.3 is 0 Å².